The predicted molar refractivity (Wildman–Crippen MR) is 54.5 cm³/mol. The highest BCUT2D eigenvalue weighted by molar-refractivity contribution is 6.63. The van der Waals surface area contributed by atoms with E-state index in [1.54, 1.807) is 0 Å². The molecule has 0 aliphatic rings. The summed E-state index contributed by atoms with van der Waals surface area (Å²) in [5.41, 5.74) is 1.07. The van der Waals surface area contributed by atoms with Crippen molar-refractivity contribution in [2.45, 2.75) is 13.1 Å². The smallest absolute Gasteiger partial charge is 0.126 e. The Balaban J connectivity index is 2.81. The second kappa shape index (κ2) is 4.12. The van der Waals surface area contributed by atoms with E-state index in [4.69, 9.17) is 0 Å². The Hall–Kier alpha value is -1.02. The lowest BCUT2D eigenvalue weighted by molar-refractivity contribution is 0.452. The summed E-state index contributed by atoms with van der Waals surface area (Å²) in [5.74, 6) is 0. The maximum Gasteiger partial charge on any atom is 0.126 e. The van der Waals surface area contributed by atoms with E-state index >= 15 is 0 Å². The molecule has 0 atom stereocenters. The van der Waals surface area contributed by atoms with E-state index in [0.29, 0.717) is 5.38 Å². The van der Waals surface area contributed by atoms with Gasteiger partial charge >= 0.3 is 0 Å². The third-order valence-electron chi connectivity index (χ3n) is 1.62. The van der Waals surface area contributed by atoms with Crippen LogP contribution < -0.4 is 0 Å². The number of benzene rings is 1. The van der Waals surface area contributed by atoms with E-state index in [-0.39, 0.29) is 0 Å². The molecule has 0 saturated carbocycles. The molecule has 0 fully saturated rings. The Kier molecular flexibility index (Phi) is 3.11. The summed E-state index contributed by atoms with van der Waals surface area (Å²) in [6, 6.07) is 9.88. The van der Waals surface area contributed by atoms with Gasteiger partial charge in [-0.05, 0) is 11.6 Å². The van der Waals surface area contributed by atoms with Gasteiger partial charge in [-0.25, -0.2) is 0 Å². The molecule has 0 aliphatic heterocycles. The van der Waals surface area contributed by atoms with Gasteiger partial charge in [0.25, 0.3) is 0 Å². The Morgan fingerprint density at radius 3 is 2.33 bits per heavy atom. The highest BCUT2D eigenvalue weighted by atomic mass is 28.3. The van der Waals surface area contributed by atoms with Gasteiger partial charge in [-0.2, -0.15) is 0 Å². The summed E-state index contributed by atoms with van der Waals surface area (Å²) in [4.78, 5) is 0. The minimum absolute atomic E-state index is 0.534. The van der Waals surface area contributed by atoms with Crippen LogP contribution in [0.1, 0.15) is 5.56 Å². The Labute approximate surface area is 75.0 Å². The molecule has 1 aromatic rings. The van der Waals surface area contributed by atoms with E-state index in [0.717, 1.165) is 5.56 Å². The molecule has 2 heteroatoms. The molecule has 0 aromatic heterocycles. The van der Waals surface area contributed by atoms with E-state index in [1.807, 2.05) is 36.4 Å². The summed E-state index contributed by atoms with van der Waals surface area (Å²) in [6.45, 7) is 4.14. The summed E-state index contributed by atoms with van der Waals surface area (Å²) >= 11 is 0. The number of hydrogen-bond donors (Lipinski definition) is 1. The first-order valence-electron chi connectivity index (χ1n) is 3.96. The van der Waals surface area contributed by atoms with Crippen LogP contribution in [0.4, 0.5) is 0 Å². The molecule has 1 nitrogen and oxygen atoms in total. The molecule has 12 heavy (non-hydrogen) atoms. The van der Waals surface area contributed by atoms with Crippen LogP contribution in [0.2, 0.25) is 13.1 Å². The normalized spacial score (nSPS) is 12.1. The lowest BCUT2D eigenvalue weighted by Gasteiger charge is -2.00. The van der Waals surface area contributed by atoms with Crippen LogP contribution >= 0.6 is 0 Å². The molecule has 0 aliphatic carbocycles. The topological polar surface area (TPSA) is 20.2 Å². The molecule has 0 unspecified atom stereocenters. The maximum atomic E-state index is 9.49. The molecule has 0 amide bonds. The largest absolute Gasteiger partial charge is 0.518 e. The standard InChI is InChI=1S/C10H13OSi/c1-12(2)10(11)8-9-6-4-3-5-7-9/h3-8,11H,1-2H3. The number of aliphatic hydroxyl groups excluding tert-OH is 1. The van der Waals surface area contributed by atoms with Gasteiger partial charge in [-0.15, -0.1) is 0 Å². The van der Waals surface area contributed by atoms with Crippen LogP contribution in [-0.2, 0) is 0 Å². The summed E-state index contributed by atoms with van der Waals surface area (Å²) in [5, 5.41) is 10.0. The van der Waals surface area contributed by atoms with Crippen LogP contribution in [0.5, 0.6) is 0 Å². The van der Waals surface area contributed by atoms with Crippen LogP contribution in [0.15, 0.2) is 35.7 Å². The van der Waals surface area contributed by atoms with Crippen molar-refractivity contribution < 1.29 is 5.11 Å². The molecule has 0 bridgehead atoms. The lowest BCUT2D eigenvalue weighted by Crippen LogP contribution is -2.03. The van der Waals surface area contributed by atoms with Crippen LogP contribution in [0.3, 0.4) is 0 Å². The predicted octanol–water partition coefficient (Wildman–Crippen LogP) is 2.88. The average Bonchev–Trinajstić information content (AvgIpc) is 2.06. The Morgan fingerprint density at radius 2 is 1.83 bits per heavy atom. The number of aliphatic hydroxyl groups is 1. The van der Waals surface area contributed by atoms with E-state index in [1.165, 1.54) is 0 Å². The number of rotatable bonds is 2. The SMILES string of the molecule is C[Si](C)C(O)=Cc1ccccc1. The van der Waals surface area contributed by atoms with Crippen molar-refractivity contribution in [3.8, 4) is 0 Å². The summed E-state index contributed by atoms with van der Waals surface area (Å²) in [7, 11) is -0.693. The lowest BCUT2D eigenvalue weighted by atomic mass is 10.2. The molecule has 0 spiro atoms. The number of hydrogen-bond acceptors (Lipinski definition) is 1. The zero-order valence-electron chi connectivity index (χ0n) is 7.41. The quantitative estimate of drug-likeness (QED) is 0.544. The van der Waals surface area contributed by atoms with E-state index in [2.05, 4.69) is 13.1 Å². The first-order valence-corrected chi connectivity index (χ1v) is 6.46. The Morgan fingerprint density at radius 1 is 1.25 bits per heavy atom. The first-order chi connectivity index (χ1) is 5.70. The second-order valence-corrected chi connectivity index (χ2v) is 5.45. The van der Waals surface area contributed by atoms with Gasteiger partial charge in [-0.3, -0.25) is 0 Å². The minimum atomic E-state index is -0.693. The highest BCUT2D eigenvalue weighted by Gasteiger charge is 2.00. The maximum absolute atomic E-state index is 9.49. The third-order valence-corrected chi connectivity index (χ3v) is 2.78. The fourth-order valence-electron chi connectivity index (χ4n) is 0.851. The van der Waals surface area contributed by atoms with Crippen molar-refractivity contribution in [3.63, 3.8) is 0 Å². The van der Waals surface area contributed by atoms with Gasteiger partial charge in [0.1, 0.15) is 8.80 Å². The molecule has 0 heterocycles. The van der Waals surface area contributed by atoms with Gasteiger partial charge in [0, 0.05) is 0 Å². The van der Waals surface area contributed by atoms with Crippen molar-refractivity contribution in [1.29, 1.82) is 0 Å². The van der Waals surface area contributed by atoms with Gasteiger partial charge in [-0.1, -0.05) is 43.4 Å². The molecule has 1 rings (SSSR count). The first kappa shape index (κ1) is 9.07. The zero-order valence-corrected chi connectivity index (χ0v) is 8.41. The minimum Gasteiger partial charge on any atom is -0.518 e. The van der Waals surface area contributed by atoms with Gasteiger partial charge in [0.2, 0.25) is 0 Å². The second-order valence-electron chi connectivity index (χ2n) is 2.94. The highest BCUT2D eigenvalue weighted by Crippen LogP contribution is 2.06. The Bertz CT molecular complexity index is 264. The molecule has 0 saturated heterocycles. The van der Waals surface area contributed by atoms with Gasteiger partial charge in [0.15, 0.2) is 0 Å². The molecular weight excluding hydrogens is 164 g/mol. The van der Waals surface area contributed by atoms with E-state index < -0.39 is 8.80 Å². The molecular formula is C10H13OSi. The zero-order chi connectivity index (χ0) is 8.97. The van der Waals surface area contributed by atoms with Crippen molar-refractivity contribution in [1.82, 2.24) is 0 Å². The van der Waals surface area contributed by atoms with Crippen LogP contribution in [0.25, 0.3) is 6.08 Å². The van der Waals surface area contributed by atoms with Crippen molar-refractivity contribution in [2.75, 3.05) is 0 Å². The monoisotopic (exact) mass is 177 g/mol. The fraction of sp³-hybridized carbons (Fsp3) is 0.200. The molecule has 1 N–H and O–H groups in total. The summed E-state index contributed by atoms with van der Waals surface area (Å²) < 4.78 is 0. The van der Waals surface area contributed by atoms with Gasteiger partial charge in [0.05, 0.1) is 5.38 Å². The van der Waals surface area contributed by atoms with Crippen molar-refractivity contribution in [2.24, 2.45) is 0 Å². The third kappa shape index (κ3) is 2.55. The van der Waals surface area contributed by atoms with Crippen LogP contribution in [0, 0.1) is 0 Å². The molecule has 63 valence electrons. The van der Waals surface area contributed by atoms with Crippen molar-refractivity contribution in [3.05, 3.63) is 41.3 Å². The molecule has 1 radical (unpaired) electrons. The molecule has 1 aromatic carbocycles. The fourth-order valence-corrected chi connectivity index (χ4v) is 1.31. The average molecular weight is 177 g/mol. The van der Waals surface area contributed by atoms with Crippen molar-refractivity contribution >= 4 is 14.9 Å². The van der Waals surface area contributed by atoms with Crippen LogP contribution in [-0.4, -0.2) is 13.9 Å². The van der Waals surface area contributed by atoms with E-state index in [9.17, 15) is 5.11 Å². The van der Waals surface area contributed by atoms with Gasteiger partial charge < -0.3 is 5.11 Å². The summed E-state index contributed by atoms with van der Waals surface area (Å²) in [6.07, 6.45) is 1.84.